The summed E-state index contributed by atoms with van der Waals surface area (Å²) in [5.41, 5.74) is 11.9. The number of ether oxygens (including phenoxy) is 1. The van der Waals surface area contributed by atoms with Crippen LogP contribution >= 0.6 is 0 Å². The number of hydrogen-bond donors (Lipinski definition) is 2. The van der Waals surface area contributed by atoms with Crippen LogP contribution in [0, 0.1) is 17.1 Å². The summed E-state index contributed by atoms with van der Waals surface area (Å²) in [5.74, 6) is -0.243. The molecule has 2 aliphatic heterocycles. The molecular formula is C19H17FN10O. The van der Waals surface area contributed by atoms with Gasteiger partial charge in [-0.25, -0.2) is 19.4 Å². The molecule has 5 rings (SSSR count). The Morgan fingerprint density at radius 1 is 1.39 bits per heavy atom. The highest BCUT2D eigenvalue weighted by atomic mass is 19.1. The van der Waals surface area contributed by atoms with Crippen molar-refractivity contribution in [2.24, 2.45) is 12.1 Å². The van der Waals surface area contributed by atoms with Crippen molar-refractivity contribution in [2.45, 2.75) is 19.6 Å². The number of nitrogen functional groups attached to an aromatic ring is 1. The Labute approximate surface area is 176 Å². The molecule has 3 aromatic rings. The first-order chi connectivity index (χ1) is 15.0. The van der Waals surface area contributed by atoms with E-state index in [1.807, 2.05) is 0 Å². The first kappa shape index (κ1) is 18.6. The largest absolute Gasteiger partial charge is 0.467 e. The molecule has 2 bridgehead atoms. The quantitative estimate of drug-likeness (QED) is 0.556. The normalized spacial score (nSPS) is 16.8. The number of nitrogens with zero attached hydrogens (tertiary/aromatic N) is 8. The maximum atomic E-state index is 14.1. The van der Waals surface area contributed by atoms with Crippen LogP contribution in [0.5, 0.6) is 5.88 Å². The number of aryl methyl sites for hydroxylation is 1. The monoisotopic (exact) mass is 420 g/mol. The molecule has 0 amide bonds. The second kappa shape index (κ2) is 6.84. The molecule has 11 nitrogen and oxygen atoms in total. The average Bonchev–Trinajstić information content (AvgIpc) is 3.32. The molecule has 156 valence electrons. The number of anilines is 2. The molecule has 0 saturated heterocycles. The van der Waals surface area contributed by atoms with Crippen LogP contribution in [0.15, 0.2) is 29.5 Å². The summed E-state index contributed by atoms with van der Waals surface area (Å²) in [6.07, 6.45) is 2.43. The van der Waals surface area contributed by atoms with Gasteiger partial charge >= 0.3 is 0 Å². The van der Waals surface area contributed by atoms with Crippen molar-refractivity contribution < 1.29 is 9.13 Å². The van der Waals surface area contributed by atoms with Gasteiger partial charge in [-0.15, -0.1) is 5.10 Å². The number of aromatic nitrogens is 4. The number of fused-ring (bicyclic) bond motifs is 7. The minimum absolute atomic E-state index is 0.0822. The fraction of sp³-hybridized carbons (Fsp3) is 0.211. The summed E-state index contributed by atoms with van der Waals surface area (Å²) in [6, 6.07) is 6.53. The Hall–Kier alpha value is -4.40. The smallest absolute Gasteiger partial charge is 0.258 e. The van der Waals surface area contributed by atoms with Gasteiger partial charge in [0, 0.05) is 12.6 Å². The van der Waals surface area contributed by atoms with Gasteiger partial charge in [0.05, 0.1) is 35.4 Å². The predicted octanol–water partition coefficient (Wildman–Crippen LogP) is 1.61. The van der Waals surface area contributed by atoms with E-state index in [9.17, 15) is 9.65 Å². The Balaban J connectivity index is 1.76. The van der Waals surface area contributed by atoms with Crippen molar-refractivity contribution in [2.75, 3.05) is 10.9 Å². The number of hydrogen-bond acceptors (Lipinski definition) is 10. The lowest BCUT2D eigenvalue weighted by Crippen LogP contribution is -2.43. The van der Waals surface area contributed by atoms with E-state index in [0.29, 0.717) is 33.9 Å². The number of hydrazine groups is 2. The number of nitrogens with one attached hydrogen (secondary N) is 1. The topological polar surface area (TPSA) is 134 Å². The van der Waals surface area contributed by atoms with Gasteiger partial charge in [-0.1, -0.05) is 0 Å². The third-order valence-corrected chi connectivity index (χ3v) is 5.11. The molecule has 0 fully saturated rings. The lowest BCUT2D eigenvalue weighted by Gasteiger charge is -2.31. The van der Waals surface area contributed by atoms with Crippen molar-refractivity contribution in [3.8, 4) is 23.2 Å². The summed E-state index contributed by atoms with van der Waals surface area (Å²) >= 11 is 0. The van der Waals surface area contributed by atoms with E-state index in [4.69, 9.17) is 10.5 Å². The summed E-state index contributed by atoms with van der Waals surface area (Å²) in [5, 5.41) is 21.8. The molecule has 1 unspecified atom stereocenters. The summed E-state index contributed by atoms with van der Waals surface area (Å²) in [7, 11) is 1.68. The molecule has 0 radical (unpaired) electrons. The minimum Gasteiger partial charge on any atom is -0.467 e. The second-order valence-corrected chi connectivity index (χ2v) is 7.07. The number of halogens is 1. The van der Waals surface area contributed by atoms with E-state index in [1.165, 1.54) is 23.0 Å². The molecule has 3 N–H and O–H groups in total. The highest BCUT2D eigenvalue weighted by Crippen LogP contribution is 2.35. The summed E-state index contributed by atoms with van der Waals surface area (Å²) in [4.78, 5) is 8.70. The first-order valence-electron chi connectivity index (χ1n) is 9.36. The van der Waals surface area contributed by atoms with Gasteiger partial charge in [0.2, 0.25) is 0 Å². The van der Waals surface area contributed by atoms with Crippen LogP contribution in [0.3, 0.4) is 0 Å². The van der Waals surface area contributed by atoms with Gasteiger partial charge in [0.15, 0.2) is 5.82 Å². The van der Waals surface area contributed by atoms with Crippen LogP contribution in [-0.4, -0.2) is 31.1 Å². The third kappa shape index (κ3) is 2.94. The van der Waals surface area contributed by atoms with Crippen LogP contribution in [0.1, 0.15) is 30.0 Å². The Morgan fingerprint density at radius 3 is 3.03 bits per heavy atom. The van der Waals surface area contributed by atoms with Gasteiger partial charge < -0.3 is 10.5 Å². The SMILES string of the molecule is CC1Oc2nc(cnc2N)-c2c(nn(C)c2C#N)CN2C=NNN2c2ccc(F)cc21. The number of nitriles is 1. The predicted molar refractivity (Wildman–Crippen MR) is 108 cm³/mol. The molecule has 31 heavy (non-hydrogen) atoms. The molecular weight excluding hydrogens is 403 g/mol. The highest BCUT2D eigenvalue weighted by Gasteiger charge is 2.29. The standard InChI is InChI=1S/C19H17FN10O/c1-10-12-5-11(20)3-4-15(12)30-27-24-9-29(30)8-14-17(16(6-21)28(2)26-14)13-7-23-18(22)19(25-13)31-10/h3-5,7,9-10,27H,8H2,1-2H3,(H2,22,23). The van der Waals surface area contributed by atoms with Crippen LogP contribution in [0.25, 0.3) is 11.3 Å². The zero-order valence-corrected chi connectivity index (χ0v) is 16.6. The van der Waals surface area contributed by atoms with Crippen molar-refractivity contribution >= 4 is 17.8 Å². The first-order valence-corrected chi connectivity index (χ1v) is 9.36. The van der Waals surface area contributed by atoms with Crippen molar-refractivity contribution in [1.29, 1.82) is 5.26 Å². The third-order valence-electron chi connectivity index (χ3n) is 5.11. The lowest BCUT2D eigenvalue weighted by molar-refractivity contribution is 0.216. The number of hydrazone groups is 1. The minimum atomic E-state index is -0.620. The van der Waals surface area contributed by atoms with E-state index in [0.717, 1.165) is 0 Å². The molecule has 0 saturated carbocycles. The molecule has 12 heteroatoms. The lowest BCUT2D eigenvalue weighted by atomic mass is 10.1. The summed E-state index contributed by atoms with van der Waals surface area (Å²) < 4.78 is 21.6. The zero-order chi connectivity index (χ0) is 21.7. The fourth-order valence-electron chi connectivity index (χ4n) is 3.66. The van der Waals surface area contributed by atoms with Crippen molar-refractivity contribution in [3.05, 3.63) is 47.2 Å². The van der Waals surface area contributed by atoms with E-state index in [-0.39, 0.29) is 18.2 Å². The van der Waals surface area contributed by atoms with Crippen LogP contribution in [-0.2, 0) is 13.6 Å². The van der Waals surface area contributed by atoms with Gasteiger partial charge in [-0.3, -0.25) is 4.68 Å². The number of rotatable bonds is 0. The highest BCUT2D eigenvalue weighted by molar-refractivity contribution is 5.71. The second-order valence-electron chi connectivity index (χ2n) is 7.07. The van der Waals surface area contributed by atoms with Gasteiger partial charge in [-0.2, -0.15) is 21.0 Å². The van der Waals surface area contributed by atoms with E-state index >= 15 is 0 Å². The molecule has 0 spiro atoms. The van der Waals surface area contributed by atoms with E-state index < -0.39 is 11.9 Å². The zero-order valence-electron chi connectivity index (χ0n) is 16.6. The molecule has 2 aliphatic rings. The van der Waals surface area contributed by atoms with Gasteiger partial charge in [0.1, 0.15) is 30.0 Å². The Morgan fingerprint density at radius 2 is 2.23 bits per heavy atom. The Bertz CT molecular complexity index is 1260. The molecule has 4 heterocycles. The molecule has 0 aliphatic carbocycles. The van der Waals surface area contributed by atoms with Crippen LogP contribution in [0.4, 0.5) is 15.9 Å². The van der Waals surface area contributed by atoms with Crippen LogP contribution < -0.4 is 21.1 Å². The van der Waals surface area contributed by atoms with Crippen molar-refractivity contribution in [3.63, 3.8) is 0 Å². The Kier molecular flexibility index (Phi) is 4.11. The van der Waals surface area contributed by atoms with Gasteiger partial charge in [-0.05, 0) is 25.1 Å². The van der Waals surface area contributed by atoms with E-state index in [2.05, 4.69) is 31.8 Å². The fourth-order valence-corrected chi connectivity index (χ4v) is 3.66. The van der Waals surface area contributed by atoms with Crippen LogP contribution in [0.2, 0.25) is 0 Å². The number of benzene rings is 1. The average molecular weight is 420 g/mol. The maximum Gasteiger partial charge on any atom is 0.258 e. The van der Waals surface area contributed by atoms with Crippen molar-refractivity contribution in [1.82, 2.24) is 30.3 Å². The number of nitrogens with two attached hydrogens (primary N) is 1. The molecule has 2 aromatic heterocycles. The maximum absolute atomic E-state index is 14.1. The summed E-state index contributed by atoms with van der Waals surface area (Å²) in [6.45, 7) is 2.02. The van der Waals surface area contributed by atoms with E-state index in [1.54, 1.807) is 36.5 Å². The molecule has 1 aromatic carbocycles. The van der Waals surface area contributed by atoms with Gasteiger partial charge in [0.25, 0.3) is 5.88 Å². The molecule has 1 atom stereocenters.